The van der Waals surface area contributed by atoms with Gasteiger partial charge in [0.25, 0.3) is 0 Å². The number of rotatable bonds is 16. The number of phenols is 1. The second-order valence-corrected chi connectivity index (χ2v) is 16.0. The molecule has 0 amide bonds. The van der Waals surface area contributed by atoms with E-state index in [0.717, 1.165) is 75.7 Å². The van der Waals surface area contributed by atoms with Crippen LogP contribution in [-0.4, -0.2) is 84.6 Å². The molecule has 0 spiro atoms. The largest absolute Gasteiger partial charge is 0.506 e. The molecule has 4 fully saturated rings. The summed E-state index contributed by atoms with van der Waals surface area (Å²) >= 11 is 6.53. The Balaban J connectivity index is 0.876. The maximum absolute atomic E-state index is 14.0. The summed E-state index contributed by atoms with van der Waals surface area (Å²) in [6.07, 6.45) is 7.32. The molecule has 2 bridgehead atoms. The minimum atomic E-state index is -0.942. The van der Waals surface area contributed by atoms with E-state index in [0.29, 0.717) is 47.6 Å². The summed E-state index contributed by atoms with van der Waals surface area (Å²) in [7, 11) is 1.51. The SMILES string of the molecule is COc1cc(OCC(=O)OCCCc2cccc(C3(C(=O)O[C@H]4CN5CCC4CC5)CCCCC3)c2)c(Cl)cc1CNC[C@H](O)c1ccc(O)c2[nH]c(=O)ccc12. The Bertz CT molecular complexity index is 2110. The van der Waals surface area contributed by atoms with E-state index in [4.69, 9.17) is 30.5 Å². The number of aromatic amines is 1. The third kappa shape index (κ3) is 9.41. The van der Waals surface area contributed by atoms with Crippen LogP contribution in [0.4, 0.5) is 0 Å². The molecule has 4 aromatic rings. The van der Waals surface area contributed by atoms with Crippen LogP contribution in [0.15, 0.2) is 65.5 Å². The van der Waals surface area contributed by atoms with Gasteiger partial charge in [0, 0.05) is 42.7 Å². The Morgan fingerprint density at radius 3 is 2.60 bits per heavy atom. The Labute approximate surface area is 337 Å². The number of aliphatic hydroxyl groups excluding tert-OH is 1. The zero-order valence-electron chi connectivity index (χ0n) is 32.4. The predicted octanol–water partition coefficient (Wildman–Crippen LogP) is 6.11. The number of phenolic OH excluding ortho intramolecular Hbond substituents is 1. The van der Waals surface area contributed by atoms with Crippen molar-refractivity contribution in [3.63, 3.8) is 0 Å². The number of fused-ring (bicyclic) bond motifs is 4. The first-order valence-electron chi connectivity index (χ1n) is 20.0. The molecule has 3 aromatic carbocycles. The molecule has 57 heavy (non-hydrogen) atoms. The van der Waals surface area contributed by atoms with Gasteiger partial charge in [0.1, 0.15) is 23.4 Å². The smallest absolute Gasteiger partial charge is 0.344 e. The highest BCUT2D eigenvalue weighted by Gasteiger charge is 2.46. The summed E-state index contributed by atoms with van der Waals surface area (Å²) in [5.41, 5.74) is 2.67. The number of piperidine rings is 3. The van der Waals surface area contributed by atoms with Crippen molar-refractivity contribution in [1.82, 2.24) is 15.2 Å². The average Bonchev–Trinajstić information content (AvgIpc) is 3.23. The molecule has 1 saturated carbocycles. The van der Waals surface area contributed by atoms with Crippen LogP contribution in [-0.2, 0) is 37.4 Å². The molecule has 2 atom stereocenters. The van der Waals surface area contributed by atoms with Crippen molar-refractivity contribution < 1.29 is 38.7 Å². The highest BCUT2D eigenvalue weighted by atomic mass is 35.5. The van der Waals surface area contributed by atoms with E-state index in [1.165, 1.54) is 19.2 Å². The number of aromatic hydroxyl groups is 1. The van der Waals surface area contributed by atoms with Crippen molar-refractivity contribution in [3.8, 4) is 17.2 Å². The highest BCUT2D eigenvalue weighted by molar-refractivity contribution is 6.32. The fourth-order valence-corrected chi connectivity index (χ4v) is 8.98. The summed E-state index contributed by atoms with van der Waals surface area (Å²) in [4.78, 5) is 43.4. The topological polar surface area (TPSA) is 160 Å². The van der Waals surface area contributed by atoms with E-state index in [1.54, 1.807) is 24.3 Å². The third-order valence-electron chi connectivity index (χ3n) is 11.9. The summed E-state index contributed by atoms with van der Waals surface area (Å²) in [6.45, 7) is 3.39. The molecule has 4 heterocycles. The number of methoxy groups -OCH3 is 1. The molecule has 0 unspecified atom stereocenters. The fraction of sp³-hybridized carbons (Fsp3) is 0.477. The van der Waals surface area contributed by atoms with Gasteiger partial charge in [-0.05, 0) is 92.4 Å². The maximum Gasteiger partial charge on any atom is 0.344 e. The Kier molecular flexibility index (Phi) is 13.0. The first kappa shape index (κ1) is 40.6. The van der Waals surface area contributed by atoms with Crippen LogP contribution >= 0.6 is 11.6 Å². The van der Waals surface area contributed by atoms with Gasteiger partial charge in [0.05, 0.1) is 35.8 Å². The molecule has 1 aromatic heterocycles. The Morgan fingerprint density at radius 1 is 1.04 bits per heavy atom. The van der Waals surface area contributed by atoms with E-state index in [2.05, 4.69) is 33.4 Å². The number of halogens is 1. The molecule has 1 aliphatic carbocycles. The van der Waals surface area contributed by atoms with Gasteiger partial charge in [-0.1, -0.05) is 61.2 Å². The van der Waals surface area contributed by atoms with Crippen LogP contribution in [0, 0.1) is 5.92 Å². The number of hydrogen-bond acceptors (Lipinski definition) is 11. The zero-order valence-corrected chi connectivity index (χ0v) is 33.2. The number of carbonyl (C=O) groups is 2. The lowest BCUT2D eigenvalue weighted by molar-refractivity contribution is -0.167. The van der Waals surface area contributed by atoms with Crippen LogP contribution in [0.25, 0.3) is 10.9 Å². The molecule has 13 heteroatoms. The van der Waals surface area contributed by atoms with Crippen molar-refractivity contribution in [2.75, 3.05) is 46.5 Å². The number of aliphatic hydroxyl groups is 1. The second kappa shape index (κ2) is 18.3. The molecular weight excluding hydrogens is 750 g/mol. The van der Waals surface area contributed by atoms with E-state index >= 15 is 0 Å². The normalized spacial score (nSPS) is 20.5. The lowest BCUT2D eigenvalue weighted by Gasteiger charge is -2.45. The molecule has 304 valence electrons. The van der Waals surface area contributed by atoms with Crippen LogP contribution in [0.1, 0.15) is 79.7 Å². The summed E-state index contributed by atoms with van der Waals surface area (Å²) in [5, 5.41) is 25.1. The van der Waals surface area contributed by atoms with Gasteiger partial charge >= 0.3 is 11.9 Å². The van der Waals surface area contributed by atoms with Crippen molar-refractivity contribution in [2.45, 2.75) is 82.0 Å². The number of aromatic nitrogens is 1. The van der Waals surface area contributed by atoms with Crippen LogP contribution in [0.5, 0.6) is 17.2 Å². The number of aryl methyl sites for hydroxylation is 1. The van der Waals surface area contributed by atoms with Gasteiger partial charge in [-0.15, -0.1) is 0 Å². The van der Waals surface area contributed by atoms with E-state index < -0.39 is 17.5 Å². The Hall–Kier alpha value is -4.62. The summed E-state index contributed by atoms with van der Waals surface area (Å²) in [5.74, 6) is 0.537. The Morgan fingerprint density at radius 2 is 1.84 bits per heavy atom. The molecule has 4 aliphatic rings. The van der Waals surface area contributed by atoms with Crippen molar-refractivity contribution >= 4 is 34.4 Å². The standard InChI is InChI=1S/C44H52ClN3O9/c1-54-37-23-38(34(45)22-30(37)24-46-25-36(50)32-10-12-35(49)42-33(32)11-13-40(51)47-42)56-27-41(52)55-20-6-8-28-7-5-9-31(21-28)44(16-3-2-4-17-44)43(53)57-39-26-48-18-14-29(39)15-19-48/h5,7,9-13,21-23,29,36,39,46,49-50H,2-4,6,8,14-20,24-27H2,1H3,(H,47,51)/t36-,39-/m0/s1. The van der Waals surface area contributed by atoms with E-state index in [1.807, 2.05) is 6.07 Å². The summed E-state index contributed by atoms with van der Waals surface area (Å²) in [6, 6.07) is 17.5. The molecule has 3 saturated heterocycles. The molecule has 8 rings (SSSR count). The van der Waals surface area contributed by atoms with Crippen LogP contribution in [0.2, 0.25) is 5.02 Å². The minimum Gasteiger partial charge on any atom is -0.506 e. The maximum atomic E-state index is 14.0. The monoisotopic (exact) mass is 801 g/mol. The van der Waals surface area contributed by atoms with Crippen molar-refractivity contribution in [2.24, 2.45) is 5.92 Å². The first-order chi connectivity index (χ1) is 27.6. The van der Waals surface area contributed by atoms with E-state index in [-0.39, 0.29) is 59.4 Å². The number of esters is 2. The van der Waals surface area contributed by atoms with E-state index in [9.17, 15) is 24.6 Å². The number of H-pyrrole nitrogens is 1. The van der Waals surface area contributed by atoms with Gasteiger partial charge in [-0.3, -0.25) is 14.5 Å². The molecule has 3 aliphatic heterocycles. The quantitative estimate of drug-likeness (QED) is 0.0765. The molecule has 4 N–H and O–H groups in total. The number of nitrogens with zero attached hydrogens (tertiary/aromatic N) is 1. The van der Waals surface area contributed by atoms with Crippen LogP contribution < -0.4 is 20.3 Å². The van der Waals surface area contributed by atoms with Gasteiger partial charge in [0.15, 0.2) is 6.61 Å². The first-order valence-corrected chi connectivity index (χ1v) is 20.4. The number of carbonyl (C=O) groups excluding carboxylic acids is 2. The minimum absolute atomic E-state index is 0.0102. The fourth-order valence-electron chi connectivity index (χ4n) is 8.74. The number of hydrogen-bond donors (Lipinski definition) is 4. The zero-order chi connectivity index (χ0) is 39.9. The van der Waals surface area contributed by atoms with Crippen molar-refractivity contribution in [3.05, 3.63) is 98.3 Å². The summed E-state index contributed by atoms with van der Waals surface area (Å²) < 4.78 is 23.1. The van der Waals surface area contributed by atoms with Gasteiger partial charge < -0.3 is 39.5 Å². The van der Waals surface area contributed by atoms with Gasteiger partial charge in [0.2, 0.25) is 5.56 Å². The van der Waals surface area contributed by atoms with Crippen molar-refractivity contribution in [1.29, 1.82) is 0 Å². The third-order valence-corrected chi connectivity index (χ3v) is 12.2. The average molecular weight is 802 g/mol. The molecular formula is C44H52ClN3O9. The number of benzene rings is 3. The predicted molar refractivity (Wildman–Crippen MR) is 216 cm³/mol. The lowest BCUT2D eigenvalue weighted by atomic mass is 9.69. The number of nitrogens with one attached hydrogen (secondary N) is 2. The second-order valence-electron chi connectivity index (χ2n) is 15.6. The molecule has 12 nitrogen and oxygen atoms in total. The number of pyridine rings is 1. The lowest BCUT2D eigenvalue weighted by Crippen LogP contribution is -2.53. The van der Waals surface area contributed by atoms with Gasteiger partial charge in [-0.25, -0.2) is 4.79 Å². The highest BCUT2D eigenvalue weighted by Crippen LogP contribution is 2.42. The molecule has 0 radical (unpaired) electrons. The van der Waals surface area contributed by atoms with Crippen LogP contribution in [0.3, 0.4) is 0 Å². The number of ether oxygens (including phenoxy) is 4. The van der Waals surface area contributed by atoms with Gasteiger partial charge in [-0.2, -0.15) is 0 Å².